The van der Waals surface area contributed by atoms with E-state index in [1.165, 1.54) is 0 Å². The van der Waals surface area contributed by atoms with E-state index in [4.69, 9.17) is 15.2 Å². The van der Waals surface area contributed by atoms with Crippen LogP contribution in [0.5, 0.6) is 17.2 Å². The number of nitrogens with two attached hydrogens (primary N) is 1. The molecule has 0 radical (unpaired) electrons. The molecule has 2 N–H and O–H groups in total. The van der Waals surface area contributed by atoms with Crippen molar-refractivity contribution in [2.45, 2.75) is 0 Å². The lowest BCUT2D eigenvalue weighted by molar-refractivity contribution is 0.412. The van der Waals surface area contributed by atoms with Gasteiger partial charge in [0.05, 0.1) is 21.8 Å². The average molecular weight is 351 g/mol. The molecule has 0 saturated heterocycles. The third kappa shape index (κ3) is 2.32. The summed E-state index contributed by atoms with van der Waals surface area (Å²) < 4.78 is 12.9. The van der Waals surface area contributed by atoms with Gasteiger partial charge in [0.25, 0.3) is 0 Å². The Morgan fingerprint density at radius 1 is 1.20 bits per heavy atom. The Kier molecular flexibility index (Phi) is 3.50. The molecule has 0 bridgehead atoms. The summed E-state index contributed by atoms with van der Waals surface area (Å²) in [4.78, 5) is 4.25. The summed E-state index contributed by atoms with van der Waals surface area (Å²) in [6.07, 6.45) is 0. The molecule has 3 aromatic rings. The number of aromatic nitrogens is 1. The number of halogens is 1. The monoisotopic (exact) mass is 350 g/mol. The molecule has 6 heteroatoms. The fourth-order valence-electron chi connectivity index (χ4n) is 1.83. The van der Waals surface area contributed by atoms with Gasteiger partial charge in [-0.25, -0.2) is 4.98 Å². The number of hydrogen-bond acceptors (Lipinski definition) is 5. The van der Waals surface area contributed by atoms with Gasteiger partial charge >= 0.3 is 0 Å². The molecule has 0 aliphatic heterocycles. The van der Waals surface area contributed by atoms with Crippen LogP contribution in [-0.2, 0) is 0 Å². The lowest BCUT2D eigenvalue weighted by Gasteiger charge is -2.11. The summed E-state index contributed by atoms with van der Waals surface area (Å²) in [6, 6.07) is 9.31. The van der Waals surface area contributed by atoms with Gasteiger partial charge in [0.15, 0.2) is 5.75 Å². The average Bonchev–Trinajstić information content (AvgIpc) is 2.93. The number of ether oxygens (including phenoxy) is 2. The summed E-state index contributed by atoms with van der Waals surface area (Å²) >= 11 is 5.00. The fraction of sp³-hybridized carbons (Fsp3) is 0.0714. The summed E-state index contributed by atoms with van der Waals surface area (Å²) in [5.74, 6) is 2.02. The van der Waals surface area contributed by atoms with Gasteiger partial charge in [0.2, 0.25) is 0 Å². The molecule has 0 saturated carbocycles. The number of nitrogens with zero attached hydrogens (tertiary/aromatic N) is 1. The van der Waals surface area contributed by atoms with Gasteiger partial charge in [-0.3, -0.25) is 0 Å². The molecule has 1 heterocycles. The Morgan fingerprint density at radius 3 is 2.75 bits per heavy atom. The van der Waals surface area contributed by atoms with E-state index in [1.807, 2.05) is 30.3 Å². The van der Waals surface area contributed by atoms with E-state index < -0.39 is 0 Å². The molecule has 0 atom stereocenters. The molecule has 0 amide bonds. The Hall–Kier alpha value is -1.79. The minimum atomic E-state index is 0.548. The van der Waals surface area contributed by atoms with Crippen LogP contribution in [0.25, 0.3) is 10.2 Å². The Labute approximate surface area is 128 Å². The zero-order valence-corrected chi connectivity index (χ0v) is 13.0. The fourth-order valence-corrected chi connectivity index (χ4v) is 2.96. The van der Waals surface area contributed by atoms with Crippen LogP contribution < -0.4 is 15.2 Å². The number of methoxy groups -OCH3 is 1. The standard InChI is InChI=1S/C14H11BrN2O2S/c1-18-8-2-3-10(9(15)6-8)19-11-4-5-12-14(13(11)16)17-7-20-12/h2-7H,16H2,1H3. The molecule has 3 rings (SSSR count). The van der Waals surface area contributed by atoms with E-state index in [1.54, 1.807) is 24.0 Å². The highest BCUT2D eigenvalue weighted by Gasteiger charge is 2.11. The number of rotatable bonds is 3. The number of fused-ring (bicyclic) bond motifs is 1. The van der Waals surface area contributed by atoms with Crippen molar-refractivity contribution in [3.63, 3.8) is 0 Å². The molecular formula is C14H11BrN2O2S. The van der Waals surface area contributed by atoms with Crippen molar-refractivity contribution in [3.8, 4) is 17.2 Å². The van der Waals surface area contributed by atoms with E-state index in [2.05, 4.69) is 20.9 Å². The van der Waals surface area contributed by atoms with Crippen LogP contribution in [0.2, 0.25) is 0 Å². The third-order valence-corrected chi connectivity index (χ3v) is 4.27. The molecule has 0 unspecified atom stereocenters. The Morgan fingerprint density at radius 2 is 2.00 bits per heavy atom. The SMILES string of the molecule is COc1ccc(Oc2ccc3scnc3c2N)c(Br)c1. The largest absolute Gasteiger partial charge is 0.497 e. The maximum absolute atomic E-state index is 6.10. The molecule has 1 aromatic heterocycles. The highest BCUT2D eigenvalue weighted by molar-refractivity contribution is 9.10. The van der Waals surface area contributed by atoms with E-state index in [9.17, 15) is 0 Å². The topological polar surface area (TPSA) is 57.4 Å². The molecule has 2 aromatic carbocycles. The lowest BCUT2D eigenvalue weighted by atomic mass is 10.2. The van der Waals surface area contributed by atoms with E-state index in [0.717, 1.165) is 20.4 Å². The van der Waals surface area contributed by atoms with Gasteiger partial charge in [-0.1, -0.05) is 0 Å². The van der Waals surface area contributed by atoms with Crippen LogP contribution in [0, 0.1) is 0 Å². The van der Waals surface area contributed by atoms with Gasteiger partial charge in [-0.2, -0.15) is 0 Å². The number of anilines is 1. The number of thiazole rings is 1. The first-order valence-electron chi connectivity index (χ1n) is 5.82. The number of nitrogen functional groups attached to an aromatic ring is 1. The molecule has 0 aliphatic carbocycles. The van der Waals surface area contributed by atoms with Crippen molar-refractivity contribution >= 4 is 43.2 Å². The highest BCUT2D eigenvalue weighted by atomic mass is 79.9. The molecule has 4 nitrogen and oxygen atoms in total. The minimum absolute atomic E-state index is 0.548. The lowest BCUT2D eigenvalue weighted by Crippen LogP contribution is -1.94. The Balaban J connectivity index is 1.98. The maximum Gasteiger partial charge on any atom is 0.152 e. The smallest absolute Gasteiger partial charge is 0.152 e. The van der Waals surface area contributed by atoms with Crippen LogP contribution in [0.15, 0.2) is 40.3 Å². The maximum atomic E-state index is 6.10. The first kappa shape index (κ1) is 13.2. The second-order valence-corrected chi connectivity index (χ2v) is 5.82. The van der Waals surface area contributed by atoms with Crippen LogP contribution in [-0.4, -0.2) is 12.1 Å². The number of hydrogen-bond donors (Lipinski definition) is 1. The Bertz CT molecular complexity index is 773. The molecular weight excluding hydrogens is 340 g/mol. The first-order valence-corrected chi connectivity index (χ1v) is 7.49. The van der Waals surface area contributed by atoms with E-state index in [0.29, 0.717) is 17.2 Å². The third-order valence-electron chi connectivity index (χ3n) is 2.86. The van der Waals surface area contributed by atoms with Crippen LogP contribution in [0.1, 0.15) is 0 Å². The number of benzene rings is 2. The van der Waals surface area contributed by atoms with Crippen LogP contribution in [0.4, 0.5) is 5.69 Å². The van der Waals surface area contributed by atoms with Gasteiger partial charge in [0, 0.05) is 0 Å². The van der Waals surface area contributed by atoms with Gasteiger partial charge < -0.3 is 15.2 Å². The molecule has 20 heavy (non-hydrogen) atoms. The molecule has 102 valence electrons. The normalized spacial score (nSPS) is 10.7. The summed E-state index contributed by atoms with van der Waals surface area (Å²) in [7, 11) is 1.62. The zero-order chi connectivity index (χ0) is 14.1. The molecule has 0 fully saturated rings. The quantitative estimate of drug-likeness (QED) is 0.709. The summed E-state index contributed by atoms with van der Waals surface area (Å²) in [5, 5.41) is 0. The van der Waals surface area contributed by atoms with Crippen LogP contribution >= 0.6 is 27.3 Å². The molecule has 0 aliphatic rings. The van der Waals surface area contributed by atoms with Gasteiger partial charge in [0.1, 0.15) is 22.7 Å². The summed E-state index contributed by atoms with van der Waals surface area (Å²) in [6.45, 7) is 0. The van der Waals surface area contributed by atoms with Gasteiger partial charge in [-0.05, 0) is 46.3 Å². The molecule has 0 spiro atoms. The van der Waals surface area contributed by atoms with Crippen molar-refractivity contribution in [2.75, 3.05) is 12.8 Å². The van der Waals surface area contributed by atoms with Crippen molar-refractivity contribution in [3.05, 3.63) is 40.3 Å². The van der Waals surface area contributed by atoms with E-state index in [-0.39, 0.29) is 0 Å². The van der Waals surface area contributed by atoms with Crippen molar-refractivity contribution in [2.24, 2.45) is 0 Å². The van der Waals surface area contributed by atoms with Crippen molar-refractivity contribution in [1.29, 1.82) is 0 Å². The second kappa shape index (κ2) is 5.30. The predicted molar refractivity (Wildman–Crippen MR) is 84.8 cm³/mol. The van der Waals surface area contributed by atoms with Crippen molar-refractivity contribution < 1.29 is 9.47 Å². The van der Waals surface area contributed by atoms with E-state index >= 15 is 0 Å². The second-order valence-electron chi connectivity index (χ2n) is 4.07. The highest BCUT2D eigenvalue weighted by Crippen LogP contribution is 2.38. The van der Waals surface area contributed by atoms with Crippen LogP contribution in [0.3, 0.4) is 0 Å². The van der Waals surface area contributed by atoms with Gasteiger partial charge in [-0.15, -0.1) is 11.3 Å². The van der Waals surface area contributed by atoms with Crippen molar-refractivity contribution in [1.82, 2.24) is 4.98 Å². The summed E-state index contributed by atoms with van der Waals surface area (Å²) in [5.41, 5.74) is 9.19. The first-order chi connectivity index (χ1) is 9.69. The minimum Gasteiger partial charge on any atom is -0.497 e. The zero-order valence-electron chi connectivity index (χ0n) is 10.6. The predicted octanol–water partition coefficient (Wildman–Crippen LogP) is 4.44.